The molecule has 0 radical (unpaired) electrons. The van der Waals surface area contributed by atoms with Crippen molar-refractivity contribution in [3.05, 3.63) is 53.3 Å². The summed E-state index contributed by atoms with van der Waals surface area (Å²) < 4.78 is 2.29. The van der Waals surface area contributed by atoms with Gasteiger partial charge >= 0.3 is 0 Å². The van der Waals surface area contributed by atoms with Crippen LogP contribution in [0.3, 0.4) is 0 Å². The molecule has 2 N–H and O–H groups in total. The van der Waals surface area contributed by atoms with E-state index in [1.807, 2.05) is 18.2 Å². The lowest BCUT2D eigenvalue weighted by Gasteiger charge is -2.09. The molecule has 0 aliphatic heterocycles. The van der Waals surface area contributed by atoms with E-state index in [1.54, 1.807) is 0 Å². The lowest BCUT2D eigenvalue weighted by atomic mass is 10.2. The van der Waals surface area contributed by atoms with Gasteiger partial charge in [-0.2, -0.15) is 0 Å². The van der Waals surface area contributed by atoms with Crippen molar-refractivity contribution in [1.82, 2.24) is 4.57 Å². The van der Waals surface area contributed by atoms with Crippen molar-refractivity contribution in [3.63, 3.8) is 0 Å². The Labute approximate surface area is 90.3 Å². The Bertz CT molecular complexity index is 450. The Hall–Kier alpha value is -1.70. The predicted octanol–water partition coefficient (Wildman–Crippen LogP) is 2.74. The third-order valence-electron chi connectivity index (χ3n) is 2.71. The van der Waals surface area contributed by atoms with Gasteiger partial charge in [-0.15, -0.1) is 0 Å². The lowest BCUT2D eigenvalue weighted by Crippen LogP contribution is -2.03. The normalized spacial score (nSPS) is 10.5. The molecule has 0 saturated carbocycles. The number of benzene rings is 1. The quantitative estimate of drug-likeness (QED) is 0.742. The first-order valence-electron chi connectivity index (χ1n) is 5.14. The van der Waals surface area contributed by atoms with Crippen molar-refractivity contribution in [3.8, 4) is 0 Å². The molecule has 2 aromatic rings. The molecule has 0 bridgehead atoms. The zero-order valence-electron chi connectivity index (χ0n) is 9.20. The van der Waals surface area contributed by atoms with Gasteiger partial charge in [0.2, 0.25) is 0 Å². The van der Waals surface area contributed by atoms with Crippen LogP contribution in [0.25, 0.3) is 0 Å². The number of aryl methyl sites for hydroxylation is 2. The number of rotatable bonds is 2. The fourth-order valence-electron chi connectivity index (χ4n) is 1.82. The van der Waals surface area contributed by atoms with E-state index in [9.17, 15) is 0 Å². The average molecular weight is 200 g/mol. The summed E-state index contributed by atoms with van der Waals surface area (Å²) in [6, 6.07) is 12.3. The molecule has 0 amide bonds. The van der Waals surface area contributed by atoms with E-state index in [0.29, 0.717) is 0 Å². The van der Waals surface area contributed by atoms with Crippen LogP contribution in [0.5, 0.6) is 0 Å². The minimum atomic E-state index is 0.829. The van der Waals surface area contributed by atoms with E-state index in [0.717, 1.165) is 12.2 Å². The van der Waals surface area contributed by atoms with Gasteiger partial charge in [-0.05, 0) is 43.7 Å². The Morgan fingerprint density at radius 3 is 2.33 bits per heavy atom. The SMILES string of the molecule is Cc1ccc(C)n1Cc1cccc(N)c1. The predicted molar refractivity (Wildman–Crippen MR) is 63.9 cm³/mol. The molecule has 1 aromatic carbocycles. The van der Waals surface area contributed by atoms with E-state index in [-0.39, 0.29) is 0 Å². The first-order chi connectivity index (χ1) is 7.16. The zero-order valence-corrected chi connectivity index (χ0v) is 9.20. The van der Waals surface area contributed by atoms with Crippen molar-refractivity contribution in [2.75, 3.05) is 5.73 Å². The molecule has 15 heavy (non-hydrogen) atoms. The molecule has 2 heteroatoms. The molecule has 0 spiro atoms. The highest BCUT2D eigenvalue weighted by molar-refractivity contribution is 5.40. The van der Waals surface area contributed by atoms with Crippen LogP contribution in [-0.4, -0.2) is 4.57 Å². The Morgan fingerprint density at radius 2 is 1.73 bits per heavy atom. The van der Waals surface area contributed by atoms with Crippen molar-refractivity contribution >= 4 is 5.69 Å². The first-order valence-corrected chi connectivity index (χ1v) is 5.14. The highest BCUT2D eigenvalue weighted by Gasteiger charge is 2.01. The number of nitrogens with zero attached hydrogens (tertiary/aromatic N) is 1. The van der Waals surface area contributed by atoms with Gasteiger partial charge < -0.3 is 10.3 Å². The molecule has 0 fully saturated rings. The largest absolute Gasteiger partial charge is 0.399 e. The minimum absolute atomic E-state index is 0.829. The number of nitrogens with two attached hydrogens (primary N) is 1. The second-order valence-corrected chi connectivity index (χ2v) is 3.95. The van der Waals surface area contributed by atoms with Crippen LogP contribution in [0.1, 0.15) is 17.0 Å². The van der Waals surface area contributed by atoms with Gasteiger partial charge in [0.15, 0.2) is 0 Å². The smallest absolute Gasteiger partial charge is 0.0476 e. The standard InChI is InChI=1S/C13H16N2/c1-10-6-7-11(2)15(10)9-12-4-3-5-13(14)8-12/h3-8H,9,14H2,1-2H3. The van der Waals surface area contributed by atoms with E-state index in [1.165, 1.54) is 17.0 Å². The van der Waals surface area contributed by atoms with E-state index in [4.69, 9.17) is 5.73 Å². The van der Waals surface area contributed by atoms with Crippen LogP contribution in [-0.2, 0) is 6.54 Å². The third kappa shape index (κ3) is 2.04. The highest BCUT2D eigenvalue weighted by Crippen LogP contribution is 2.13. The maximum atomic E-state index is 5.75. The second kappa shape index (κ2) is 3.81. The van der Waals surface area contributed by atoms with Gasteiger partial charge in [-0.25, -0.2) is 0 Å². The van der Waals surface area contributed by atoms with Gasteiger partial charge in [0.05, 0.1) is 0 Å². The van der Waals surface area contributed by atoms with E-state index in [2.05, 4.69) is 36.6 Å². The fourth-order valence-corrected chi connectivity index (χ4v) is 1.82. The summed E-state index contributed by atoms with van der Waals surface area (Å²) >= 11 is 0. The Morgan fingerprint density at radius 1 is 1.07 bits per heavy atom. The van der Waals surface area contributed by atoms with Gasteiger partial charge in [0.25, 0.3) is 0 Å². The molecule has 0 unspecified atom stereocenters. The van der Waals surface area contributed by atoms with Crippen LogP contribution >= 0.6 is 0 Å². The molecule has 1 heterocycles. The van der Waals surface area contributed by atoms with Crippen molar-refractivity contribution in [2.24, 2.45) is 0 Å². The fraction of sp³-hybridized carbons (Fsp3) is 0.231. The molecule has 0 atom stereocenters. The Kier molecular flexibility index (Phi) is 2.50. The maximum Gasteiger partial charge on any atom is 0.0476 e. The van der Waals surface area contributed by atoms with Gasteiger partial charge in [0.1, 0.15) is 0 Å². The van der Waals surface area contributed by atoms with Gasteiger partial charge in [0, 0.05) is 23.6 Å². The van der Waals surface area contributed by atoms with Crippen LogP contribution in [0.2, 0.25) is 0 Å². The highest BCUT2D eigenvalue weighted by atomic mass is 15.0. The summed E-state index contributed by atoms with van der Waals surface area (Å²) in [6.07, 6.45) is 0. The minimum Gasteiger partial charge on any atom is -0.399 e. The summed E-state index contributed by atoms with van der Waals surface area (Å²) in [5, 5.41) is 0. The second-order valence-electron chi connectivity index (χ2n) is 3.95. The van der Waals surface area contributed by atoms with Gasteiger partial charge in [-0.1, -0.05) is 12.1 Å². The summed E-state index contributed by atoms with van der Waals surface area (Å²) in [7, 11) is 0. The summed E-state index contributed by atoms with van der Waals surface area (Å²) in [5.41, 5.74) is 10.4. The van der Waals surface area contributed by atoms with Crippen LogP contribution in [0.4, 0.5) is 5.69 Å². The number of hydrogen-bond donors (Lipinski definition) is 1. The van der Waals surface area contributed by atoms with Crippen LogP contribution < -0.4 is 5.73 Å². The Balaban J connectivity index is 2.29. The maximum absolute atomic E-state index is 5.75. The number of hydrogen-bond acceptors (Lipinski definition) is 1. The van der Waals surface area contributed by atoms with Gasteiger partial charge in [-0.3, -0.25) is 0 Å². The van der Waals surface area contributed by atoms with Crippen molar-refractivity contribution < 1.29 is 0 Å². The molecule has 0 aliphatic rings. The summed E-state index contributed by atoms with van der Waals surface area (Å²) in [4.78, 5) is 0. The van der Waals surface area contributed by atoms with Crippen LogP contribution in [0, 0.1) is 13.8 Å². The first kappa shape index (κ1) is 9.84. The van der Waals surface area contributed by atoms with Crippen LogP contribution in [0.15, 0.2) is 36.4 Å². The average Bonchev–Trinajstić information content (AvgIpc) is 2.50. The number of nitrogen functional groups attached to an aromatic ring is 1. The van der Waals surface area contributed by atoms with E-state index >= 15 is 0 Å². The van der Waals surface area contributed by atoms with E-state index < -0.39 is 0 Å². The number of anilines is 1. The van der Waals surface area contributed by atoms with Crippen molar-refractivity contribution in [1.29, 1.82) is 0 Å². The molecule has 2 nitrogen and oxygen atoms in total. The molecular formula is C13H16N2. The van der Waals surface area contributed by atoms with Crippen molar-refractivity contribution in [2.45, 2.75) is 20.4 Å². The molecule has 0 saturated heterocycles. The zero-order chi connectivity index (χ0) is 10.8. The molecular weight excluding hydrogens is 184 g/mol. The monoisotopic (exact) mass is 200 g/mol. The topological polar surface area (TPSA) is 30.9 Å². The molecule has 1 aromatic heterocycles. The molecule has 78 valence electrons. The number of aromatic nitrogens is 1. The third-order valence-corrected chi connectivity index (χ3v) is 2.71. The molecule has 2 rings (SSSR count). The summed E-state index contributed by atoms with van der Waals surface area (Å²) in [5.74, 6) is 0. The lowest BCUT2D eigenvalue weighted by molar-refractivity contribution is 0.750. The molecule has 0 aliphatic carbocycles. The summed E-state index contributed by atoms with van der Waals surface area (Å²) in [6.45, 7) is 5.15.